The lowest BCUT2D eigenvalue weighted by Crippen LogP contribution is -2.17. The van der Waals surface area contributed by atoms with E-state index < -0.39 is 0 Å². The molecule has 0 aliphatic heterocycles. The largest absolute Gasteiger partial charge is 0.306 e. The van der Waals surface area contributed by atoms with Crippen molar-refractivity contribution in [3.05, 3.63) is 56.2 Å². The number of aryl methyl sites for hydroxylation is 1. The van der Waals surface area contributed by atoms with E-state index in [4.69, 9.17) is 0 Å². The topological polar surface area (TPSA) is 12.0 Å². The molecule has 1 N–H and O–H groups in total. The van der Waals surface area contributed by atoms with Crippen LogP contribution < -0.4 is 5.32 Å². The Kier molecular flexibility index (Phi) is 4.37. The summed E-state index contributed by atoms with van der Waals surface area (Å²) in [6.07, 6.45) is 0. The summed E-state index contributed by atoms with van der Waals surface area (Å²) in [6.45, 7) is 5.23. The highest BCUT2D eigenvalue weighted by atomic mass is 79.9. The number of thiophene rings is 1. The van der Waals surface area contributed by atoms with Gasteiger partial charge in [0.05, 0.1) is 3.79 Å². The third-order valence-corrected chi connectivity index (χ3v) is 4.36. The van der Waals surface area contributed by atoms with Crippen LogP contribution >= 0.6 is 27.3 Å². The van der Waals surface area contributed by atoms with Gasteiger partial charge in [-0.3, -0.25) is 0 Å². The zero-order valence-electron chi connectivity index (χ0n) is 10.0. The smallest absolute Gasteiger partial charge is 0.0701 e. The Morgan fingerprint density at radius 1 is 1.29 bits per heavy atom. The van der Waals surface area contributed by atoms with E-state index in [1.165, 1.54) is 20.5 Å². The molecule has 0 aliphatic carbocycles. The normalized spacial score (nSPS) is 12.6. The Morgan fingerprint density at radius 2 is 2.00 bits per heavy atom. The van der Waals surface area contributed by atoms with E-state index in [-0.39, 0.29) is 0 Å². The van der Waals surface area contributed by atoms with E-state index in [1.807, 2.05) is 0 Å². The fraction of sp³-hybridized carbons (Fsp3) is 0.286. The van der Waals surface area contributed by atoms with Crippen LogP contribution in [0.15, 0.2) is 39.5 Å². The quantitative estimate of drug-likeness (QED) is 0.865. The predicted octanol–water partition coefficient (Wildman–Crippen LogP) is 4.67. The number of benzene rings is 1. The van der Waals surface area contributed by atoms with Gasteiger partial charge in [0.25, 0.3) is 0 Å². The highest BCUT2D eigenvalue weighted by Crippen LogP contribution is 2.21. The molecule has 0 bridgehead atoms. The van der Waals surface area contributed by atoms with E-state index in [0.717, 1.165) is 6.54 Å². The summed E-state index contributed by atoms with van der Waals surface area (Å²) in [7, 11) is 0. The van der Waals surface area contributed by atoms with E-state index in [0.29, 0.717) is 6.04 Å². The molecule has 2 aromatic rings. The summed E-state index contributed by atoms with van der Waals surface area (Å²) in [5, 5.41) is 5.71. The molecule has 0 fully saturated rings. The SMILES string of the molecule is Cc1ccc([C@H](C)NCc2csc(Br)c2)cc1. The molecule has 1 atom stereocenters. The van der Waals surface area contributed by atoms with Crippen molar-refractivity contribution in [2.24, 2.45) is 0 Å². The van der Waals surface area contributed by atoms with Crippen LogP contribution in [0.5, 0.6) is 0 Å². The molecular weight excluding hydrogens is 294 g/mol. The first-order chi connectivity index (χ1) is 8.15. The lowest BCUT2D eigenvalue weighted by atomic mass is 10.1. The van der Waals surface area contributed by atoms with Gasteiger partial charge in [0.15, 0.2) is 0 Å². The number of hydrogen-bond donors (Lipinski definition) is 1. The Hall–Kier alpha value is -0.640. The maximum Gasteiger partial charge on any atom is 0.0701 e. The Morgan fingerprint density at radius 3 is 2.59 bits per heavy atom. The predicted molar refractivity (Wildman–Crippen MR) is 78.5 cm³/mol. The molecule has 90 valence electrons. The standard InChI is InChI=1S/C14H16BrNS/c1-10-3-5-13(6-4-10)11(2)16-8-12-7-14(15)17-9-12/h3-7,9,11,16H,8H2,1-2H3/t11-/m0/s1. The molecule has 0 amide bonds. The molecule has 1 aromatic heterocycles. The average Bonchev–Trinajstić information content (AvgIpc) is 2.73. The van der Waals surface area contributed by atoms with Crippen molar-refractivity contribution in [1.29, 1.82) is 0 Å². The molecule has 1 nitrogen and oxygen atoms in total. The number of halogens is 1. The van der Waals surface area contributed by atoms with Gasteiger partial charge >= 0.3 is 0 Å². The molecule has 0 spiro atoms. The third kappa shape index (κ3) is 3.66. The van der Waals surface area contributed by atoms with Gasteiger partial charge in [0, 0.05) is 12.6 Å². The maximum atomic E-state index is 3.53. The molecule has 17 heavy (non-hydrogen) atoms. The number of rotatable bonds is 4. The lowest BCUT2D eigenvalue weighted by molar-refractivity contribution is 0.575. The van der Waals surface area contributed by atoms with Gasteiger partial charge in [-0.05, 0) is 52.4 Å². The maximum absolute atomic E-state index is 3.53. The Bertz CT molecular complexity index is 475. The van der Waals surface area contributed by atoms with Crippen LogP contribution in [0.1, 0.15) is 29.7 Å². The molecule has 0 saturated heterocycles. The van der Waals surface area contributed by atoms with Crippen LogP contribution in [-0.2, 0) is 6.54 Å². The Labute approximate surface area is 115 Å². The van der Waals surface area contributed by atoms with Crippen molar-refractivity contribution in [1.82, 2.24) is 5.32 Å². The highest BCUT2D eigenvalue weighted by Gasteiger charge is 2.05. The van der Waals surface area contributed by atoms with Crippen LogP contribution in [0, 0.1) is 6.92 Å². The minimum absolute atomic E-state index is 0.384. The van der Waals surface area contributed by atoms with Gasteiger partial charge in [0.1, 0.15) is 0 Å². The second-order valence-corrected chi connectivity index (χ2v) is 6.56. The van der Waals surface area contributed by atoms with Crippen molar-refractivity contribution in [3.8, 4) is 0 Å². The van der Waals surface area contributed by atoms with E-state index in [1.54, 1.807) is 11.3 Å². The van der Waals surface area contributed by atoms with Crippen molar-refractivity contribution in [2.45, 2.75) is 26.4 Å². The first kappa shape index (κ1) is 12.8. The second-order valence-electron chi connectivity index (χ2n) is 4.27. The number of hydrogen-bond acceptors (Lipinski definition) is 2. The minimum Gasteiger partial charge on any atom is -0.306 e. The molecule has 1 aromatic carbocycles. The number of nitrogens with one attached hydrogen (secondary N) is 1. The summed E-state index contributed by atoms with van der Waals surface area (Å²) < 4.78 is 1.19. The van der Waals surface area contributed by atoms with Gasteiger partial charge in [0.2, 0.25) is 0 Å². The Balaban J connectivity index is 1.93. The van der Waals surface area contributed by atoms with E-state index in [9.17, 15) is 0 Å². The molecule has 0 aliphatic rings. The molecule has 3 heteroatoms. The monoisotopic (exact) mass is 309 g/mol. The minimum atomic E-state index is 0.384. The highest BCUT2D eigenvalue weighted by molar-refractivity contribution is 9.11. The summed E-state index contributed by atoms with van der Waals surface area (Å²) in [4.78, 5) is 0. The van der Waals surface area contributed by atoms with Crippen LogP contribution in [0.4, 0.5) is 0 Å². The first-order valence-electron chi connectivity index (χ1n) is 5.68. The average molecular weight is 310 g/mol. The summed E-state index contributed by atoms with van der Waals surface area (Å²) in [6, 6.07) is 11.3. The molecule has 0 unspecified atom stereocenters. The van der Waals surface area contributed by atoms with Crippen LogP contribution in [-0.4, -0.2) is 0 Å². The van der Waals surface area contributed by atoms with Gasteiger partial charge in [-0.1, -0.05) is 29.8 Å². The van der Waals surface area contributed by atoms with Gasteiger partial charge in [-0.25, -0.2) is 0 Å². The molecule has 0 saturated carbocycles. The van der Waals surface area contributed by atoms with Crippen molar-refractivity contribution in [2.75, 3.05) is 0 Å². The van der Waals surface area contributed by atoms with Crippen LogP contribution in [0.25, 0.3) is 0 Å². The molecule has 2 rings (SSSR count). The zero-order chi connectivity index (χ0) is 12.3. The van der Waals surface area contributed by atoms with Crippen LogP contribution in [0.2, 0.25) is 0 Å². The lowest BCUT2D eigenvalue weighted by Gasteiger charge is -2.13. The molecule has 1 heterocycles. The van der Waals surface area contributed by atoms with Gasteiger partial charge in [-0.2, -0.15) is 0 Å². The van der Waals surface area contributed by atoms with Crippen molar-refractivity contribution >= 4 is 27.3 Å². The first-order valence-corrected chi connectivity index (χ1v) is 7.35. The van der Waals surface area contributed by atoms with E-state index >= 15 is 0 Å². The fourth-order valence-electron chi connectivity index (χ4n) is 1.68. The molecule has 0 radical (unpaired) electrons. The van der Waals surface area contributed by atoms with Gasteiger partial charge < -0.3 is 5.32 Å². The molecular formula is C14H16BrNS. The van der Waals surface area contributed by atoms with E-state index in [2.05, 4.69) is 70.8 Å². The summed E-state index contributed by atoms with van der Waals surface area (Å²) in [5.74, 6) is 0. The van der Waals surface area contributed by atoms with Crippen molar-refractivity contribution in [3.63, 3.8) is 0 Å². The second kappa shape index (κ2) is 5.80. The zero-order valence-corrected chi connectivity index (χ0v) is 12.4. The third-order valence-electron chi connectivity index (χ3n) is 2.81. The fourth-order valence-corrected chi connectivity index (χ4v) is 2.89. The van der Waals surface area contributed by atoms with Crippen molar-refractivity contribution < 1.29 is 0 Å². The summed E-state index contributed by atoms with van der Waals surface area (Å²) >= 11 is 5.21. The van der Waals surface area contributed by atoms with Crippen LogP contribution in [0.3, 0.4) is 0 Å². The van der Waals surface area contributed by atoms with Gasteiger partial charge in [-0.15, -0.1) is 11.3 Å². The summed E-state index contributed by atoms with van der Waals surface area (Å²) in [5.41, 5.74) is 3.98.